The molecule has 0 fully saturated rings. The summed E-state index contributed by atoms with van der Waals surface area (Å²) in [6, 6.07) is 14.8. The first-order chi connectivity index (χ1) is 9.31. The minimum atomic E-state index is 0.266. The van der Waals surface area contributed by atoms with E-state index in [1.54, 1.807) is 18.3 Å². The molecular weight excluding hydrogens is 236 g/mol. The molecule has 1 aromatic heterocycles. The van der Waals surface area contributed by atoms with Gasteiger partial charge in [-0.15, -0.1) is 0 Å². The molecule has 3 aromatic rings. The number of rotatable bonds is 2. The van der Waals surface area contributed by atoms with Crippen molar-refractivity contribution in [1.29, 1.82) is 0 Å². The van der Waals surface area contributed by atoms with E-state index in [0.717, 1.165) is 22.3 Å². The molecule has 0 unspecified atom stereocenters. The highest BCUT2D eigenvalue weighted by Crippen LogP contribution is 2.13. The van der Waals surface area contributed by atoms with Crippen molar-refractivity contribution in [3.63, 3.8) is 0 Å². The van der Waals surface area contributed by atoms with Crippen molar-refractivity contribution in [1.82, 2.24) is 9.97 Å². The van der Waals surface area contributed by atoms with Gasteiger partial charge in [-0.05, 0) is 35.9 Å². The zero-order valence-electron chi connectivity index (χ0n) is 10.2. The van der Waals surface area contributed by atoms with Crippen LogP contribution in [-0.4, -0.2) is 15.1 Å². The molecule has 0 aliphatic heterocycles. The van der Waals surface area contributed by atoms with E-state index in [4.69, 9.17) is 0 Å². The van der Waals surface area contributed by atoms with Crippen molar-refractivity contribution in [2.24, 2.45) is 0 Å². The molecule has 3 nitrogen and oxygen atoms in total. The lowest BCUT2D eigenvalue weighted by Gasteiger charge is -1.98. The number of hydrogen-bond acceptors (Lipinski definition) is 3. The fourth-order valence-electron chi connectivity index (χ4n) is 1.82. The van der Waals surface area contributed by atoms with Crippen LogP contribution < -0.4 is 0 Å². The number of benzene rings is 2. The van der Waals surface area contributed by atoms with E-state index >= 15 is 0 Å². The number of hydrogen-bond donors (Lipinski definition) is 1. The number of aromatic nitrogens is 2. The lowest BCUT2D eigenvalue weighted by molar-refractivity contribution is 0.475. The number of phenols is 1. The summed E-state index contributed by atoms with van der Waals surface area (Å²) < 4.78 is 0. The number of fused-ring (bicyclic) bond motifs is 1. The molecule has 1 heterocycles. The van der Waals surface area contributed by atoms with E-state index < -0.39 is 0 Å². The molecule has 0 amide bonds. The smallest absolute Gasteiger partial charge is 0.115 e. The fourth-order valence-corrected chi connectivity index (χ4v) is 1.82. The van der Waals surface area contributed by atoms with Gasteiger partial charge in [-0.2, -0.15) is 0 Å². The first kappa shape index (κ1) is 11.4. The van der Waals surface area contributed by atoms with Crippen LogP contribution in [0.25, 0.3) is 23.2 Å². The predicted molar refractivity (Wildman–Crippen MR) is 76.6 cm³/mol. The van der Waals surface area contributed by atoms with Gasteiger partial charge in [-0.3, -0.25) is 4.98 Å². The summed E-state index contributed by atoms with van der Waals surface area (Å²) in [6.07, 6.45) is 5.60. The summed E-state index contributed by atoms with van der Waals surface area (Å²) in [5, 5.41) is 9.21. The van der Waals surface area contributed by atoms with Gasteiger partial charge in [0.15, 0.2) is 0 Å². The lowest BCUT2D eigenvalue weighted by Crippen LogP contribution is -1.86. The molecule has 0 saturated carbocycles. The zero-order chi connectivity index (χ0) is 13.1. The topological polar surface area (TPSA) is 46.0 Å². The Bertz CT molecular complexity index is 733. The van der Waals surface area contributed by atoms with Crippen molar-refractivity contribution in [2.75, 3.05) is 0 Å². The molecule has 2 aromatic carbocycles. The predicted octanol–water partition coefficient (Wildman–Crippen LogP) is 3.51. The summed E-state index contributed by atoms with van der Waals surface area (Å²) in [4.78, 5) is 8.86. The van der Waals surface area contributed by atoms with Gasteiger partial charge < -0.3 is 5.11 Å². The monoisotopic (exact) mass is 248 g/mol. The lowest BCUT2D eigenvalue weighted by atomic mass is 10.2. The third-order valence-corrected chi connectivity index (χ3v) is 2.81. The van der Waals surface area contributed by atoms with Gasteiger partial charge in [0.05, 0.1) is 22.9 Å². The Labute approximate surface area is 110 Å². The molecule has 0 aliphatic carbocycles. The Morgan fingerprint density at radius 3 is 2.37 bits per heavy atom. The van der Waals surface area contributed by atoms with E-state index in [-0.39, 0.29) is 5.75 Å². The summed E-state index contributed by atoms with van der Waals surface area (Å²) in [5.74, 6) is 0.266. The van der Waals surface area contributed by atoms with Gasteiger partial charge in [0.25, 0.3) is 0 Å². The van der Waals surface area contributed by atoms with Gasteiger partial charge in [0, 0.05) is 0 Å². The molecule has 92 valence electrons. The maximum atomic E-state index is 9.21. The van der Waals surface area contributed by atoms with Gasteiger partial charge in [-0.1, -0.05) is 30.3 Å². The highest BCUT2D eigenvalue weighted by atomic mass is 16.3. The molecule has 0 aliphatic rings. The molecule has 0 saturated heterocycles. The molecule has 0 atom stereocenters. The number of phenolic OH excluding ortho intramolecular Hbond substituents is 1. The van der Waals surface area contributed by atoms with Crippen LogP contribution in [0, 0.1) is 0 Å². The average Bonchev–Trinajstić information content (AvgIpc) is 2.46. The van der Waals surface area contributed by atoms with Gasteiger partial charge in [0.2, 0.25) is 0 Å². The molecule has 0 radical (unpaired) electrons. The summed E-state index contributed by atoms with van der Waals surface area (Å²) in [6.45, 7) is 0. The van der Waals surface area contributed by atoms with Crippen molar-refractivity contribution < 1.29 is 5.11 Å². The maximum absolute atomic E-state index is 9.21. The largest absolute Gasteiger partial charge is 0.508 e. The van der Waals surface area contributed by atoms with Crippen LogP contribution in [0.15, 0.2) is 54.7 Å². The van der Waals surface area contributed by atoms with E-state index in [0.29, 0.717) is 0 Å². The van der Waals surface area contributed by atoms with E-state index in [1.807, 2.05) is 48.6 Å². The molecule has 3 heteroatoms. The van der Waals surface area contributed by atoms with Crippen LogP contribution in [0.2, 0.25) is 0 Å². The second-order valence-corrected chi connectivity index (χ2v) is 4.21. The van der Waals surface area contributed by atoms with Crippen LogP contribution >= 0.6 is 0 Å². The Morgan fingerprint density at radius 2 is 1.58 bits per heavy atom. The highest BCUT2D eigenvalue weighted by Gasteiger charge is 1.96. The van der Waals surface area contributed by atoms with Crippen molar-refractivity contribution >= 4 is 23.2 Å². The molecule has 19 heavy (non-hydrogen) atoms. The minimum Gasteiger partial charge on any atom is -0.508 e. The van der Waals surface area contributed by atoms with Crippen molar-refractivity contribution in [3.8, 4) is 5.75 Å². The molecule has 0 spiro atoms. The molecule has 3 rings (SSSR count). The van der Waals surface area contributed by atoms with Crippen molar-refractivity contribution in [3.05, 3.63) is 66.0 Å². The standard InChI is InChI=1S/C16H12N2O/c19-14-9-6-12(7-10-14)5-8-13-11-17-15-3-1-2-4-16(15)18-13/h1-11,19H/b8-5+. The Hall–Kier alpha value is -2.68. The average molecular weight is 248 g/mol. The van der Waals surface area contributed by atoms with Gasteiger partial charge in [-0.25, -0.2) is 4.98 Å². The Balaban J connectivity index is 1.90. The third kappa shape index (κ3) is 2.60. The normalized spacial score (nSPS) is 11.2. The van der Waals surface area contributed by atoms with Gasteiger partial charge >= 0.3 is 0 Å². The zero-order valence-corrected chi connectivity index (χ0v) is 10.2. The fraction of sp³-hybridized carbons (Fsp3) is 0. The SMILES string of the molecule is Oc1ccc(/C=C/c2cnc3ccccc3n2)cc1. The third-order valence-electron chi connectivity index (χ3n) is 2.81. The van der Waals surface area contributed by atoms with Crippen LogP contribution in [0.4, 0.5) is 0 Å². The molecule has 1 N–H and O–H groups in total. The second-order valence-electron chi connectivity index (χ2n) is 4.21. The second kappa shape index (κ2) is 4.90. The highest BCUT2D eigenvalue weighted by molar-refractivity contribution is 5.76. The first-order valence-electron chi connectivity index (χ1n) is 6.00. The van der Waals surface area contributed by atoms with E-state index in [1.165, 1.54) is 0 Å². The van der Waals surface area contributed by atoms with E-state index in [9.17, 15) is 5.11 Å². The van der Waals surface area contributed by atoms with Crippen LogP contribution in [0.5, 0.6) is 5.75 Å². The Kier molecular flexibility index (Phi) is 2.94. The minimum absolute atomic E-state index is 0.266. The van der Waals surface area contributed by atoms with Crippen LogP contribution in [0.1, 0.15) is 11.3 Å². The van der Waals surface area contributed by atoms with Crippen LogP contribution in [-0.2, 0) is 0 Å². The number of aromatic hydroxyl groups is 1. The Morgan fingerprint density at radius 1 is 0.842 bits per heavy atom. The van der Waals surface area contributed by atoms with Gasteiger partial charge in [0.1, 0.15) is 5.75 Å². The maximum Gasteiger partial charge on any atom is 0.115 e. The van der Waals surface area contributed by atoms with E-state index in [2.05, 4.69) is 9.97 Å². The molecule has 0 bridgehead atoms. The molecular formula is C16H12N2O. The van der Waals surface area contributed by atoms with Crippen molar-refractivity contribution in [2.45, 2.75) is 0 Å². The number of para-hydroxylation sites is 2. The summed E-state index contributed by atoms with van der Waals surface area (Å²) >= 11 is 0. The first-order valence-corrected chi connectivity index (χ1v) is 6.00. The quantitative estimate of drug-likeness (QED) is 0.755. The number of nitrogens with zero attached hydrogens (tertiary/aromatic N) is 2. The van der Waals surface area contributed by atoms with Crippen LogP contribution in [0.3, 0.4) is 0 Å². The summed E-state index contributed by atoms with van der Waals surface area (Å²) in [7, 11) is 0. The summed E-state index contributed by atoms with van der Waals surface area (Å²) in [5.41, 5.74) is 3.60.